The van der Waals surface area contributed by atoms with E-state index < -0.39 is 0 Å². The van der Waals surface area contributed by atoms with Gasteiger partial charge in [0, 0.05) is 6.42 Å². The van der Waals surface area contributed by atoms with Gasteiger partial charge in [-0.2, -0.15) is 4.98 Å². The van der Waals surface area contributed by atoms with Crippen molar-refractivity contribution < 1.29 is 4.52 Å². The lowest BCUT2D eigenvalue weighted by molar-refractivity contribution is 0.221. The van der Waals surface area contributed by atoms with Gasteiger partial charge in [-0.15, -0.1) is 0 Å². The lowest BCUT2D eigenvalue weighted by atomic mass is 9.76. The minimum atomic E-state index is -0.344. The van der Waals surface area contributed by atoms with Crippen LogP contribution < -0.4 is 5.73 Å². The largest absolute Gasteiger partial charge is 0.339 e. The Labute approximate surface area is 102 Å². The highest BCUT2D eigenvalue weighted by Crippen LogP contribution is 2.37. The first-order valence-corrected chi connectivity index (χ1v) is 6.78. The Kier molecular flexibility index (Phi) is 2.69. The van der Waals surface area contributed by atoms with E-state index in [4.69, 9.17) is 10.3 Å². The van der Waals surface area contributed by atoms with E-state index in [2.05, 4.69) is 17.1 Å². The molecular formula is C13H21N3O. The molecule has 0 bridgehead atoms. The summed E-state index contributed by atoms with van der Waals surface area (Å²) in [6.07, 6.45) is 7.97. The molecule has 94 valence electrons. The van der Waals surface area contributed by atoms with Crippen LogP contribution in [0.3, 0.4) is 0 Å². The van der Waals surface area contributed by atoms with Crippen LogP contribution in [0.25, 0.3) is 0 Å². The zero-order valence-electron chi connectivity index (χ0n) is 10.5. The Balaban J connectivity index is 1.74. The summed E-state index contributed by atoms with van der Waals surface area (Å²) in [4.78, 5) is 4.52. The highest BCUT2D eigenvalue weighted by Gasteiger charge is 2.37. The fourth-order valence-electron chi connectivity index (χ4n) is 2.90. The molecule has 2 unspecified atom stereocenters. The van der Waals surface area contributed by atoms with Crippen LogP contribution in [-0.2, 0) is 12.0 Å². The minimum absolute atomic E-state index is 0.344. The number of rotatable bonds is 3. The van der Waals surface area contributed by atoms with E-state index in [9.17, 15) is 0 Å². The second-order valence-electron chi connectivity index (χ2n) is 6.02. The summed E-state index contributed by atoms with van der Waals surface area (Å²) in [6.45, 7) is 2.26. The molecule has 17 heavy (non-hydrogen) atoms. The van der Waals surface area contributed by atoms with Crippen LogP contribution in [0.1, 0.15) is 57.2 Å². The normalized spacial score (nSPS) is 33.9. The molecule has 0 aliphatic heterocycles. The summed E-state index contributed by atoms with van der Waals surface area (Å²) in [6, 6.07) is 0. The Hall–Kier alpha value is -0.900. The average Bonchev–Trinajstić information content (AvgIpc) is 2.93. The topological polar surface area (TPSA) is 64.9 Å². The first-order valence-electron chi connectivity index (χ1n) is 6.78. The minimum Gasteiger partial charge on any atom is -0.339 e. The van der Waals surface area contributed by atoms with Gasteiger partial charge in [0.25, 0.3) is 0 Å². The van der Waals surface area contributed by atoms with Gasteiger partial charge in [-0.3, -0.25) is 0 Å². The summed E-state index contributed by atoms with van der Waals surface area (Å²) in [5.74, 6) is 2.96. The van der Waals surface area contributed by atoms with Gasteiger partial charge in [0.05, 0.1) is 5.54 Å². The number of hydrogen-bond donors (Lipinski definition) is 1. The maximum absolute atomic E-state index is 6.45. The monoisotopic (exact) mass is 235 g/mol. The highest BCUT2D eigenvalue weighted by molar-refractivity contribution is 5.06. The van der Waals surface area contributed by atoms with Gasteiger partial charge in [-0.25, -0.2) is 0 Å². The third kappa shape index (κ3) is 2.37. The first kappa shape index (κ1) is 11.2. The van der Waals surface area contributed by atoms with E-state index >= 15 is 0 Å². The summed E-state index contributed by atoms with van der Waals surface area (Å²) in [5.41, 5.74) is 6.10. The molecule has 2 N–H and O–H groups in total. The van der Waals surface area contributed by atoms with Crippen LogP contribution in [-0.4, -0.2) is 10.1 Å². The smallest absolute Gasteiger partial charge is 0.226 e. The molecule has 0 spiro atoms. The van der Waals surface area contributed by atoms with Crippen LogP contribution in [0.15, 0.2) is 4.52 Å². The molecule has 2 saturated carbocycles. The molecule has 2 aliphatic carbocycles. The molecule has 2 fully saturated rings. The van der Waals surface area contributed by atoms with Crippen molar-refractivity contribution in [3.05, 3.63) is 11.7 Å². The van der Waals surface area contributed by atoms with Gasteiger partial charge in [0.1, 0.15) is 0 Å². The number of hydrogen-bond acceptors (Lipinski definition) is 4. The molecule has 3 rings (SSSR count). The SMILES string of the molecule is CC1CCCC(N)(c2noc(CC3CC3)n2)C1. The van der Waals surface area contributed by atoms with E-state index in [1.165, 1.54) is 25.7 Å². The van der Waals surface area contributed by atoms with Crippen molar-refractivity contribution in [1.82, 2.24) is 10.1 Å². The first-order chi connectivity index (χ1) is 8.16. The predicted molar refractivity (Wildman–Crippen MR) is 64.2 cm³/mol. The molecule has 0 radical (unpaired) electrons. The molecule has 4 nitrogen and oxygen atoms in total. The summed E-state index contributed by atoms with van der Waals surface area (Å²) < 4.78 is 5.33. The molecule has 0 saturated heterocycles. The van der Waals surface area contributed by atoms with Crippen molar-refractivity contribution in [2.45, 2.75) is 57.4 Å². The predicted octanol–water partition coefficient (Wildman–Crippen LogP) is 2.39. The van der Waals surface area contributed by atoms with Gasteiger partial charge in [-0.05, 0) is 37.5 Å². The Morgan fingerprint density at radius 3 is 2.94 bits per heavy atom. The van der Waals surface area contributed by atoms with Crippen LogP contribution in [0, 0.1) is 11.8 Å². The molecule has 2 atom stereocenters. The molecule has 1 aromatic rings. The van der Waals surface area contributed by atoms with E-state index in [1.54, 1.807) is 0 Å². The lowest BCUT2D eigenvalue weighted by Gasteiger charge is -2.33. The Morgan fingerprint density at radius 1 is 1.41 bits per heavy atom. The van der Waals surface area contributed by atoms with Crippen LogP contribution in [0.4, 0.5) is 0 Å². The van der Waals surface area contributed by atoms with Gasteiger partial charge >= 0.3 is 0 Å². The van der Waals surface area contributed by atoms with Crippen LogP contribution >= 0.6 is 0 Å². The number of nitrogens with zero attached hydrogens (tertiary/aromatic N) is 2. The Bertz CT molecular complexity index is 399. The highest BCUT2D eigenvalue weighted by atomic mass is 16.5. The Morgan fingerprint density at radius 2 is 2.24 bits per heavy atom. The van der Waals surface area contributed by atoms with E-state index in [0.29, 0.717) is 5.92 Å². The van der Waals surface area contributed by atoms with Crippen molar-refractivity contribution in [1.29, 1.82) is 0 Å². The van der Waals surface area contributed by atoms with Gasteiger partial charge < -0.3 is 10.3 Å². The molecule has 1 aromatic heterocycles. The number of aromatic nitrogens is 2. The molecule has 4 heteroatoms. The second kappa shape index (κ2) is 4.09. The standard InChI is InChI=1S/C13H21N3O/c1-9-3-2-6-13(14,8-9)12-15-11(17-16-12)7-10-4-5-10/h9-10H,2-8,14H2,1H3. The number of nitrogens with two attached hydrogens (primary N) is 1. The van der Waals surface area contributed by atoms with Gasteiger partial charge in [0.2, 0.25) is 5.89 Å². The molecule has 2 aliphatic rings. The molecular weight excluding hydrogens is 214 g/mol. The fourth-order valence-corrected chi connectivity index (χ4v) is 2.90. The van der Waals surface area contributed by atoms with Gasteiger partial charge in [0.15, 0.2) is 5.82 Å². The molecule has 1 heterocycles. The maximum Gasteiger partial charge on any atom is 0.226 e. The molecule has 0 amide bonds. The molecule has 0 aromatic carbocycles. The third-order valence-corrected chi connectivity index (χ3v) is 4.11. The fraction of sp³-hybridized carbons (Fsp3) is 0.846. The maximum atomic E-state index is 6.45. The van der Waals surface area contributed by atoms with E-state index in [0.717, 1.165) is 36.9 Å². The zero-order valence-corrected chi connectivity index (χ0v) is 10.5. The van der Waals surface area contributed by atoms with Crippen molar-refractivity contribution >= 4 is 0 Å². The quantitative estimate of drug-likeness (QED) is 0.873. The third-order valence-electron chi connectivity index (χ3n) is 4.11. The lowest BCUT2D eigenvalue weighted by Crippen LogP contribution is -2.42. The summed E-state index contributed by atoms with van der Waals surface area (Å²) in [7, 11) is 0. The van der Waals surface area contributed by atoms with Crippen molar-refractivity contribution in [3.63, 3.8) is 0 Å². The van der Waals surface area contributed by atoms with Crippen LogP contribution in [0.2, 0.25) is 0 Å². The van der Waals surface area contributed by atoms with Crippen LogP contribution in [0.5, 0.6) is 0 Å². The van der Waals surface area contributed by atoms with E-state index in [-0.39, 0.29) is 5.54 Å². The van der Waals surface area contributed by atoms with Crippen molar-refractivity contribution in [3.8, 4) is 0 Å². The average molecular weight is 235 g/mol. The zero-order chi connectivity index (χ0) is 11.9. The summed E-state index contributed by atoms with van der Waals surface area (Å²) >= 11 is 0. The summed E-state index contributed by atoms with van der Waals surface area (Å²) in [5, 5.41) is 4.12. The van der Waals surface area contributed by atoms with Gasteiger partial charge in [-0.1, -0.05) is 24.9 Å². The van der Waals surface area contributed by atoms with Crippen molar-refractivity contribution in [2.24, 2.45) is 17.6 Å². The van der Waals surface area contributed by atoms with E-state index in [1.807, 2.05) is 0 Å². The van der Waals surface area contributed by atoms with Crippen molar-refractivity contribution in [2.75, 3.05) is 0 Å². The second-order valence-corrected chi connectivity index (χ2v) is 6.02.